The van der Waals surface area contributed by atoms with Crippen molar-refractivity contribution >= 4 is 21.6 Å². The maximum absolute atomic E-state index is 12.9. The zero-order valence-electron chi connectivity index (χ0n) is 23.9. The van der Waals surface area contributed by atoms with Crippen molar-refractivity contribution in [2.45, 2.75) is 32.5 Å². The summed E-state index contributed by atoms with van der Waals surface area (Å²) in [5.74, 6) is -0.0474. The highest BCUT2D eigenvalue weighted by molar-refractivity contribution is 7.88. The SMILES string of the molecule is CC(C)C[C@H](O[C@H](c1ccccc1)c1ccc(-c2ccc(N3CCN(S(C)(=O)=O)CC3)cc2)cc1)C(=O)NCC#N. The Morgan fingerprint density at radius 2 is 1.46 bits per heavy atom. The zero-order chi connectivity index (χ0) is 29.4. The van der Waals surface area contributed by atoms with E-state index in [2.05, 4.69) is 46.6 Å². The highest BCUT2D eigenvalue weighted by atomic mass is 32.2. The molecule has 1 aliphatic rings. The minimum absolute atomic E-state index is 0.0584. The van der Waals surface area contributed by atoms with Gasteiger partial charge in [0.2, 0.25) is 15.9 Å². The summed E-state index contributed by atoms with van der Waals surface area (Å²) in [6, 6.07) is 28.3. The number of sulfonamides is 1. The van der Waals surface area contributed by atoms with Crippen LogP contribution in [0.4, 0.5) is 5.69 Å². The Bertz CT molecular complexity index is 1430. The number of hydrogen-bond donors (Lipinski definition) is 1. The van der Waals surface area contributed by atoms with Crippen LogP contribution in [0.15, 0.2) is 78.9 Å². The normalized spacial score (nSPS) is 15.7. The van der Waals surface area contributed by atoms with Crippen molar-refractivity contribution in [3.05, 3.63) is 90.0 Å². The summed E-state index contributed by atoms with van der Waals surface area (Å²) in [7, 11) is -3.16. The molecule has 1 N–H and O–H groups in total. The Balaban J connectivity index is 1.51. The highest BCUT2D eigenvalue weighted by Gasteiger charge is 2.27. The van der Waals surface area contributed by atoms with Gasteiger partial charge in [0.05, 0.1) is 12.3 Å². The predicted molar refractivity (Wildman–Crippen MR) is 162 cm³/mol. The Morgan fingerprint density at radius 1 is 0.902 bits per heavy atom. The number of hydrogen-bond acceptors (Lipinski definition) is 6. The first kappa shape index (κ1) is 30.3. The van der Waals surface area contributed by atoms with Gasteiger partial charge in [-0.2, -0.15) is 9.57 Å². The molecule has 41 heavy (non-hydrogen) atoms. The summed E-state index contributed by atoms with van der Waals surface area (Å²) in [5.41, 5.74) is 5.08. The van der Waals surface area contributed by atoms with E-state index in [4.69, 9.17) is 10.00 Å². The standard InChI is InChI=1S/C32H38N4O4S/c1-24(2)23-30(32(37)34-18-17-33)40-31(27-7-5-4-6-8-27)28-11-9-25(10-12-28)26-13-15-29(16-14-26)35-19-21-36(22-20-35)41(3,38)39/h4-16,24,30-31H,18-23H2,1-3H3,(H,34,37)/t30-,31+/m0/s1. The molecule has 0 spiro atoms. The lowest BCUT2D eigenvalue weighted by Gasteiger charge is -2.34. The van der Waals surface area contributed by atoms with Gasteiger partial charge in [0, 0.05) is 31.9 Å². The van der Waals surface area contributed by atoms with Gasteiger partial charge in [-0.25, -0.2) is 8.42 Å². The summed E-state index contributed by atoms with van der Waals surface area (Å²) in [5, 5.41) is 11.6. The number of carbonyl (C=O) groups excluding carboxylic acids is 1. The Labute approximate surface area is 243 Å². The van der Waals surface area contributed by atoms with Crippen molar-refractivity contribution in [2.75, 3.05) is 43.9 Å². The van der Waals surface area contributed by atoms with Gasteiger partial charge < -0.3 is 15.0 Å². The second-order valence-corrected chi connectivity index (χ2v) is 12.7. The van der Waals surface area contributed by atoms with Gasteiger partial charge >= 0.3 is 0 Å². The molecule has 0 radical (unpaired) electrons. The number of nitrogens with one attached hydrogen (secondary N) is 1. The van der Waals surface area contributed by atoms with E-state index in [-0.39, 0.29) is 18.4 Å². The fourth-order valence-corrected chi connectivity index (χ4v) is 5.85. The number of nitrogens with zero attached hydrogens (tertiary/aromatic N) is 3. The third kappa shape index (κ3) is 8.17. The van der Waals surface area contributed by atoms with Crippen LogP contribution in [-0.2, 0) is 19.6 Å². The molecule has 4 rings (SSSR count). The molecule has 1 heterocycles. The Morgan fingerprint density at radius 3 is 2.00 bits per heavy atom. The van der Waals surface area contributed by atoms with Gasteiger partial charge in [-0.3, -0.25) is 4.79 Å². The number of ether oxygens (including phenoxy) is 1. The van der Waals surface area contributed by atoms with Gasteiger partial charge in [-0.05, 0) is 46.7 Å². The summed E-state index contributed by atoms with van der Waals surface area (Å²) >= 11 is 0. The molecule has 3 aromatic rings. The number of anilines is 1. The Hall–Kier alpha value is -3.71. The van der Waals surface area contributed by atoms with Crippen molar-refractivity contribution in [1.82, 2.24) is 9.62 Å². The molecule has 0 aromatic heterocycles. The average molecular weight is 575 g/mol. The maximum Gasteiger partial charge on any atom is 0.250 e. The topological polar surface area (TPSA) is 103 Å². The highest BCUT2D eigenvalue weighted by Crippen LogP contribution is 2.31. The van der Waals surface area contributed by atoms with Crippen molar-refractivity contribution in [3.63, 3.8) is 0 Å². The van der Waals surface area contributed by atoms with Gasteiger partial charge in [0.15, 0.2) is 0 Å². The van der Waals surface area contributed by atoms with Crippen molar-refractivity contribution in [3.8, 4) is 17.2 Å². The average Bonchev–Trinajstić information content (AvgIpc) is 2.98. The number of amides is 1. The van der Waals surface area contributed by atoms with E-state index in [0.717, 1.165) is 27.9 Å². The molecule has 216 valence electrons. The van der Waals surface area contributed by atoms with Crippen LogP contribution in [0, 0.1) is 17.2 Å². The molecular weight excluding hydrogens is 536 g/mol. The smallest absolute Gasteiger partial charge is 0.250 e. The lowest BCUT2D eigenvalue weighted by molar-refractivity contribution is -0.136. The molecule has 8 nitrogen and oxygen atoms in total. The van der Waals surface area contributed by atoms with Gasteiger partial charge in [0.1, 0.15) is 18.8 Å². The second-order valence-electron chi connectivity index (χ2n) is 10.7. The minimum atomic E-state index is -3.16. The maximum atomic E-state index is 12.9. The molecule has 2 atom stereocenters. The number of carbonyl (C=O) groups is 1. The molecule has 1 fully saturated rings. The van der Waals surface area contributed by atoms with Crippen LogP contribution >= 0.6 is 0 Å². The van der Waals surface area contributed by atoms with Crippen LogP contribution in [0.1, 0.15) is 37.5 Å². The molecule has 1 amide bonds. The van der Waals surface area contributed by atoms with E-state index in [9.17, 15) is 13.2 Å². The number of benzene rings is 3. The molecule has 9 heteroatoms. The number of nitriles is 1. The molecule has 0 saturated carbocycles. The van der Waals surface area contributed by atoms with Crippen LogP contribution in [0.3, 0.4) is 0 Å². The molecular formula is C32H38N4O4S. The van der Waals surface area contributed by atoms with Gasteiger partial charge in [-0.15, -0.1) is 0 Å². The van der Waals surface area contributed by atoms with Gasteiger partial charge in [0.25, 0.3) is 0 Å². The minimum Gasteiger partial charge on any atom is -0.369 e. The molecule has 1 saturated heterocycles. The molecule has 0 bridgehead atoms. The van der Waals surface area contributed by atoms with E-state index in [1.165, 1.54) is 10.6 Å². The first-order valence-corrected chi connectivity index (χ1v) is 15.8. The predicted octanol–water partition coefficient (Wildman–Crippen LogP) is 4.60. The quantitative estimate of drug-likeness (QED) is 0.336. The van der Waals surface area contributed by atoms with E-state index in [1.54, 1.807) is 0 Å². The largest absolute Gasteiger partial charge is 0.369 e. The second kappa shape index (κ2) is 13.8. The van der Waals surface area contributed by atoms with Crippen LogP contribution in [-0.4, -0.2) is 63.7 Å². The van der Waals surface area contributed by atoms with E-state index >= 15 is 0 Å². The van der Waals surface area contributed by atoms with Crippen molar-refractivity contribution in [2.24, 2.45) is 5.92 Å². The third-order valence-corrected chi connectivity index (χ3v) is 8.51. The lowest BCUT2D eigenvalue weighted by Crippen LogP contribution is -2.48. The van der Waals surface area contributed by atoms with Crippen LogP contribution in [0.5, 0.6) is 0 Å². The molecule has 1 aliphatic heterocycles. The van der Waals surface area contributed by atoms with Crippen LogP contribution in [0.2, 0.25) is 0 Å². The molecule has 0 unspecified atom stereocenters. The fraction of sp³-hybridized carbons (Fsp3) is 0.375. The fourth-order valence-electron chi connectivity index (χ4n) is 5.03. The summed E-state index contributed by atoms with van der Waals surface area (Å²) < 4.78 is 31.6. The van der Waals surface area contributed by atoms with Crippen molar-refractivity contribution in [1.29, 1.82) is 5.26 Å². The van der Waals surface area contributed by atoms with Crippen LogP contribution < -0.4 is 10.2 Å². The number of rotatable bonds is 11. The van der Waals surface area contributed by atoms with E-state index < -0.39 is 22.2 Å². The molecule has 0 aliphatic carbocycles. The third-order valence-electron chi connectivity index (χ3n) is 7.21. The first-order valence-electron chi connectivity index (χ1n) is 13.9. The summed E-state index contributed by atoms with van der Waals surface area (Å²) in [6.45, 7) is 6.33. The lowest BCUT2D eigenvalue weighted by atomic mass is 9.97. The first-order chi connectivity index (χ1) is 19.7. The van der Waals surface area contributed by atoms with Crippen LogP contribution in [0.25, 0.3) is 11.1 Å². The van der Waals surface area contributed by atoms with Gasteiger partial charge in [-0.1, -0.05) is 80.6 Å². The number of piperazine rings is 1. The summed E-state index contributed by atoms with van der Waals surface area (Å²) in [4.78, 5) is 15.1. The Kier molecular flexibility index (Phi) is 10.2. The zero-order valence-corrected chi connectivity index (χ0v) is 24.7. The summed E-state index contributed by atoms with van der Waals surface area (Å²) in [6.07, 6.45) is 0.651. The van der Waals surface area contributed by atoms with E-state index in [0.29, 0.717) is 32.6 Å². The monoisotopic (exact) mass is 574 g/mol. The van der Waals surface area contributed by atoms with Crippen molar-refractivity contribution < 1.29 is 17.9 Å². The van der Waals surface area contributed by atoms with E-state index in [1.807, 2.05) is 62.4 Å². The molecule has 3 aromatic carbocycles.